The number of ether oxygens (including phenoxy) is 1. The van der Waals surface area contributed by atoms with Gasteiger partial charge in [0.15, 0.2) is 0 Å². The highest BCUT2D eigenvalue weighted by atomic mass is 16.5. The fraction of sp³-hybridized carbons (Fsp3) is 0.588. The Morgan fingerprint density at radius 3 is 1.90 bits per heavy atom. The van der Waals surface area contributed by atoms with Gasteiger partial charge in [0.1, 0.15) is 0 Å². The Hall–Kier alpha value is -1.39. The highest BCUT2D eigenvalue weighted by Gasteiger charge is 2.22. The molecule has 0 spiro atoms. The van der Waals surface area contributed by atoms with Gasteiger partial charge in [-0.2, -0.15) is 0 Å². The van der Waals surface area contributed by atoms with Crippen LogP contribution >= 0.6 is 0 Å². The number of hydrogen-bond donors (Lipinski definition) is 1. The summed E-state index contributed by atoms with van der Waals surface area (Å²) in [6.07, 6.45) is -0.669. The molecule has 0 aliphatic rings. The van der Waals surface area contributed by atoms with E-state index in [0.717, 1.165) is 27.8 Å². The quantitative estimate of drug-likeness (QED) is 0.906. The Bertz CT molecular complexity index is 508. The van der Waals surface area contributed by atoms with E-state index in [-0.39, 0.29) is 19.1 Å². The molecule has 1 aromatic carbocycles. The van der Waals surface area contributed by atoms with Gasteiger partial charge in [0.25, 0.3) is 5.91 Å². The predicted molar refractivity (Wildman–Crippen MR) is 85.0 cm³/mol. The number of carbonyl (C=O) groups is 1. The summed E-state index contributed by atoms with van der Waals surface area (Å²) in [5.74, 6) is -0.0497. The van der Waals surface area contributed by atoms with E-state index < -0.39 is 6.10 Å². The number of benzene rings is 1. The second-order valence-electron chi connectivity index (χ2n) is 5.79. The first-order valence-corrected chi connectivity index (χ1v) is 7.21. The van der Waals surface area contributed by atoms with E-state index in [1.807, 2.05) is 27.7 Å². The van der Waals surface area contributed by atoms with Crippen molar-refractivity contribution in [1.82, 2.24) is 4.90 Å². The predicted octanol–water partition coefficient (Wildman–Crippen LogP) is 2.31. The number of nitrogens with zero attached hydrogens (tertiary/aromatic N) is 1. The molecule has 1 unspecified atom stereocenters. The van der Waals surface area contributed by atoms with Crippen LogP contribution in [0.5, 0.6) is 0 Å². The van der Waals surface area contributed by atoms with E-state index in [1.165, 1.54) is 12.7 Å². The van der Waals surface area contributed by atoms with Crippen LogP contribution in [0, 0.1) is 34.6 Å². The molecule has 21 heavy (non-hydrogen) atoms. The summed E-state index contributed by atoms with van der Waals surface area (Å²) in [7, 11) is 3.25. The van der Waals surface area contributed by atoms with Crippen LogP contribution < -0.4 is 0 Å². The number of rotatable bonds is 5. The van der Waals surface area contributed by atoms with E-state index >= 15 is 0 Å². The van der Waals surface area contributed by atoms with Crippen LogP contribution in [0.1, 0.15) is 38.2 Å². The molecule has 0 saturated heterocycles. The van der Waals surface area contributed by atoms with Crippen molar-refractivity contribution in [3.63, 3.8) is 0 Å². The monoisotopic (exact) mass is 293 g/mol. The highest BCUT2D eigenvalue weighted by molar-refractivity contribution is 5.97. The smallest absolute Gasteiger partial charge is 0.254 e. The molecule has 0 aliphatic carbocycles. The van der Waals surface area contributed by atoms with Crippen molar-refractivity contribution in [2.75, 3.05) is 27.3 Å². The fourth-order valence-electron chi connectivity index (χ4n) is 2.66. The molecule has 4 heteroatoms. The minimum atomic E-state index is -0.669. The van der Waals surface area contributed by atoms with Gasteiger partial charge < -0.3 is 14.7 Å². The molecule has 118 valence electrons. The zero-order valence-electron chi connectivity index (χ0n) is 14.2. The van der Waals surface area contributed by atoms with Crippen molar-refractivity contribution < 1.29 is 14.6 Å². The highest BCUT2D eigenvalue weighted by Crippen LogP contribution is 2.26. The largest absolute Gasteiger partial charge is 0.389 e. The number of carbonyl (C=O) groups excluding carboxylic acids is 1. The first kappa shape index (κ1) is 17.7. The molecule has 1 N–H and O–H groups in total. The average molecular weight is 293 g/mol. The van der Waals surface area contributed by atoms with E-state index in [9.17, 15) is 9.90 Å². The number of amides is 1. The summed E-state index contributed by atoms with van der Waals surface area (Å²) in [5.41, 5.74) is 6.35. The van der Waals surface area contributed by atoms with Gasteiger partial charge in [-0.1, -0.05) is 0 Å². The molecule has 1 rings (SSSR count). The normalized spacial score (nSPS) is 12.4. The molecule has 1 amide bonds. The number of hydrogen-bond acceptors (Lipinski definition) is 3. The van der Waals surface area contributed by atoms with Crippen LogP contribution in [0.4, 0.5) is 0 Å². The SMILES string of the molecule is COCC(O)CN(C)C(=O)c1c(C)c(C)c(C)c(C)c1C. The number of aliphatic hydroxyl groups is 1. The number of methoxy groups -OCH3 is 1. The van der Waals surface area contributed by atoms with Gasteiger partial charge in [-0.25, -0.2) is 0 Å². The summed E-state index contributed by atoms with van der Waals surface area (Å²) in [6.45, 7) is 10.6. The van der Waals surface area contributed by atoms with Crippen molar-refractivity contribution in [2.24, 2.45) is 0 Å². The van der Waals surface area contributed by atoms with E-state index in [0.29, 0.717) is 0 Å². The van der Waals surface area contributed by atoms with Gasteiger partial charge >= 0.3 is 0 Å². The lowest BCUT2D eigenvalue weighted by atomic mass is 9.89. The fourth-order valence-corrected chi connectivity index (χ4v) is 2.66. The van der Waals surface area contributed by atoms with Crippen molar-refractivity contribution in [2.45, 2.75) is 40.7 Å². The van der Waals surface area contributed by atoms with Gasteiger partial charge in [0.05, 0.1) is 12.7 Å². The van der Waals surface area contributed by atoms with Crippen LogP contribution in [0.3, 0.4) is 0 Å². The summed E-state index contributed by atoms with van der Waals surface area (Å²) in [5, 5.41) is 9.79. The Morgan fingerprint density at radius 2 is 1.48 bits per heavy atom. The van der Waals surface area contributed by atoms with Crippen LogP contribution in [0.15, 0.2) is 0 Å². The first-order valence-electron chi connectivity index (χ1n) is 7.21. The summed E-state index contributed by atoms with van der Waals surface area (Å²) >= 11 is 0. The molecule has 0 saturated carbocycles. The van der Waals surface area contributed by atoms with Crippen LogP contribution in [0.2, 0.25) is 0 Å². The number of likely N-dealkylation sites (N-methyl/N-ethyl adjacent to an activating group) is 1. The topological polar surface area (TPSA) is 49.8 Å². The molecule has 1 aromatic rings. The lowest BCUT2D eigenvalue weighted by Crippen LogP contribution is -2.37. The molecule has 0 fully saturated rings. The Kier molecular flexibility index (Phi) is 5.93. The minimum absolute atomic E-state index is 0.0497. The zero-order valence-corrected chi connectivity index (χ0v) is 14.2. The third-order valence-corrected chi connectivity index (χ3v) is 4.40. The molecule has 4 nitrogen and oxygen atoms in total. The van der Waals surface area contributed by atoms with Crippen molar-refractivity contribution in [3.05, 3.63) is 33.4 Å². The maximum absolute atomic E-state index is 12.7. The van der Waals surface area contributed by atoms with Crippen molar-refractivity contribution in [3.8, 4) is 0 Å². The molecule has 0 aromatic heterocycles. The second kappa shape index (κ2) is 7.05. The van der Waals surface area contributed by atoms with Gasteiger partial charge in [-0.15, -0.1) is 0 Å². The standard InChI is InChI=1S/C17H27NO3/c1-10-11(2)13(4)16(14(5)12(10)3)17(20)18(6)8-15(19)9-21-7/h15,19H,8-9H2,1-7H3. The lowest BCUT2D eigenvalue weighted by molar-refractivity contribution is 0.0379. The zero-order chi connectivity index (χ0) is 16.3. The molecule has 0 aliphatic heterocycles. The summed E-state index contributed by atoms with van der Waals surface area (Å²) in [6, 6.07) is 0. The van der Waals surface area contributed by atoms with Crippen molar-refractivity contribution >= 4 is 5.91 Å². The molecule has 0 radical (unpaired) electrons. The maximum atomic E-state index is 12.7. The van der Waals surface area contributed by atoms with Crippen molar-refractivity contribution in [1.29, 1.82) is 0 Å². The molecule has 0 heterocycles. The Morgan fingerprint density at radius 1 is 1.05 bits per heavy atom. The second-order valence-corrected chi connectivity index (χ2v) is 5.79. The summed E-state index contributed by atoms with van der Waals surface area (Å²) < 4.78 is 4.90. The Labute approximate surface area is 127 Å². The third-order valence-electron chi connectivity index (χ3n) is 4.40. The van der Waals surface area contributed by atoms with Crippen LogP contribution in [-0.4, -0.2) is 49.3 Å². The van der Waals surface area contributed by atoms with E-state index in [4.69, 9.17) is 4.74 Å². The first-order chi connectivity index (χ1) is 9.72. The van der Waals surface area contributed by atoms with Crippen LogP contribution in [0.25, 0.3) is 0 Å². The molecular formula is C17H27NO3. The molecule has 1 atom stereocenters. The van der Waals surface area contributed by atoms with E-state index in [1.54, 1.807) is 11.9 Å². The van der Waals surface area contributed by atoms with Gasteiger partial charge in [-0.05, 0) is 62.4 Å². The minimum Gasteiger partial charge on any atom is -0.389 e. The van der Waals surface area contributed by atoms with Crippen LogP contribution in [-0.2, 0) is 4.74 Å². The molecular weight excluding hydrogens is 266 g/mol. The molecule has 0 bridgehead atoms. The van der Waals surface area contributed by atoms with Gasteiger partial charge in [0.2, 0.25) is 0 Å². The number of aliphatic hydroxyl groups excluding tert-OH is 1. The van der Waals surface area contributed by atoms with E-state index in [2.05, 4.69) is 6.92 Å². The third kappa shape index (κ3) is 3.63. The average Bonchev–Trinajstić information content (AvgIpc) is 2.43. The Balaban J connectivity index is 3.13. The van der Waals surface area contributed by atoms with Gasteiger partial charge in [0, 0.05) is 26.3 Å². The van der Waals surface area contributed by atoms with Gasteiger partial charge in [-0.3, -0.25) is 4.79 Å². The summed E-state index contributed by atoms with van der Waals surface area (Å²) in [4.78, 5) is 14.3. The lowest BCUT2D eigenvalue weighted by Gasteiger charge is -2.24. The maximum Gasteiger partial charge on any atom is 0.254 e.